The molecule has 2 aliphatic rings. The van der Waals surface area contributed by atoms with Gasteiger partial charge in [0.25, 0.3) is 0 Å². The van der Waals surface area contributed by atoms with Crippen LogP contribution in [0.1, 0.15) is 63.5 Å². The molecule has 2 nitrogen and oxygen atoms in total. The fraction of sp³-hybridized carbons (Fsp3) is 0.667. The molecule has 0 saturated heterocycles. The molecule has 2 heteroatoms. The van der Waals surface area contributed by atoms with Crippen molar-refractivity contribution in [1.82, 2.24) is 5.32 Å². The molecule has 1 atom stereocenters. The van der Waals surface area contributed by atoms with Gasteiger partial charge in [0.15, 0.2) is 0 Å². The zero-order valence-corrected chi connectivity index (χ0v) is 12.8. The Morgan fingerprint density at radius 3 is 2.30 bits per heavy atom. The molecule has 0 aliphatic heterocycles. The Balaban J connectivity index is 1.74. The fourth-order valence-electron chi connectivity index (χ4n) is 3.68. The molecule has 0 bridgehead atoms. The van der Waals surface area contributed by atoms with E-state index >= 15 is 0 Å². The summed E-state index contributed by atoms with van der Waals surface area (Å²) in [4.78, 5) is 0. The zero-order valence-electron chi connectivity index (χ0n) is 12.8. The van der Waals surface area contributed by atoms with Crippen LogP contribution in [0.5, 0.6) is 5.75 Å². The second-order valence-corrected chi connectivity index (χ2v) is 6.82. The van der Waals surface area contributed by atoms with Gasteiger partial charge in [-0.3, -0.25) is 0 Å². The van der Waals surface area contributed by atoms with Crippen LogP contribution >= 0.6 is 0 Å². The standard InChI is InChI=1S/C18H27NO/c1-18(12-4-3-5-13-18)17(19-2)14-6-8-15(9-7-14)20-16-10-11-16/h6-9,16-17,19H,3-5,10-13H2,1-2H3. The van der Waals surface area contributed by atoms with Gasteiger partial charge in [-0.05, 0) is 55.8 Å². The van der Waals surface area contributed by atoms with Crippen LogP contribution in [0.15, 0.2) is 24.3 Å². The Kier molecular flexibility index (Phi) is 4.02. The minimum Gasteiger partial charge on any atom is -0.490 e. The SMILES string of the molecule is CNC(c1ccc(OC2CC2)cc1)C1(C)CCCCC1. The van der Waals surface area contributed by atoms with Crippen molar-refractivity contribution in [3.63, 3.8) is 0 Å². The first-order valence-electron chi connectivity index (χ1n) is 8.15. The quantitative estimate of drug-likeness (QED) is 0.855. The van der Waals surface area contributed by atoms with Gasteiger partial charge in [-0.25, -0.2) is 0 Å². The van der Waals surface area contributed by atoms with Crippen molar-refractivity contribution in [3.8, 4) is 5.75 Å². The molecule has 1 aromatic rings. The minimum atomic E-state index is 0.395. The first-order chi connectivity index (χ1) is 9.71. The van der Waals surface area contributed by atoms with Gasteiger partial charge in [0.2, 0.25) is 0 Å². The van der Waals surface area contributed by atoms with E-state index < -0.39 is 0 Å². The van der Waals surface area contributed by atoms with Crippen LogP contribution in [0.4, 0.5) is 0 Å². The van der Waals surface area contributed by atoms with Crippen LogP contribution in [0.3, 0.4) is 0 Å². The number of benzene rings is 1. The van der Waals surface area contributed by atoms with Crippen molar-refractivity contribution in [1.29, 1.82) is 0 Å². The Morgan fingerprint density at radius 1 is 1.10 bits per heavy atom. The highest BCUT2D eigenvalue weighted by Crippen LogP contribution is 2.45. The molecule has 2 aliphatic carbocycles. The molecule has 3 rings (SSSR count). The van der Waals surface area contributed by atoms with Crippen molar-refractivity contribution in [3.05, 3.63) is 29.8 Å². The lowest BCUT2D eigenvalue weighted by Crippen LogP contribution is -2.36. The molecule has 1 unspecified atom stereocenters. The highest BCUT2D eigenvalue weighted by atomic mass is 16.5. The van der Waals surface area contributed by atoms with Crippen LogP contribution in [0.25, 0.3) is 0 Å². The van der Waals surface area contributed by atoms with Gasteiger partial charge in [0.1, 0.15) is 5.75 Å². The number of hydrogen-bond donors (Lipinski definition) is 1. The zero-order chi connectivity index (χ0) is 14.0. The predicted molar refractivity (Wildman–Crippen MR) is 83.1 cm³/mol. The molecule has 2 fully saturated rings. The molecule has 2 saturated carbocycles. The third-order valence-electron chi connectivity index (χ3n) is 5.02. The van der Waals surface area contributed by atoms with Crippen molar-refractivity contribution < 1.29 is 4.74 Å². The maximum atomic E-state index is 5.84. The van der Waals surface area contributed by atoms with Crippen molar-refractivity contribution in [2.24, 2.45) is 5.41 Å². The van der Waals surface area contributed by atoms with E-state index in [4.69, 9.17) is 4.74 Å². The average Bonchev–Trinajstić information content (AvgIpc) is 3.26. The number of ether oxygens (including phenoxy) is 1. The maximum absolute atomic E-state index is 5.84. The molecule has 1 N–H and O–H groups in total. The van der Waals surface area contributed by atoms with Crippen LogP contribution in [-0.4, -0.2) is 13.2 Å². The Labute approximate surface area is 122 Å². The Morgan fingerprint density at radius 2 is 1.75 bits per heavy atom. The first-order valence-corrected chi connectivity index (χ1v) is 8.15. The summed E-state index contributed by atoms with van der Waals surface area (Å²) in [6, 6.07) is 9.24. The van der Waals surface area contributed by atoms with Gasteiger partial charge in [-0.2, -0.15) is 0 Å². The molecule has 20 heavy (non-hydrogen) atoms. The summed E-state index contributed by atoms with van der Waals surface area (Å²) in [7, 11) is 2.10. The molecule has 0 amide bonds. The van der Waals surface area contributed by atoms with Crippen LogP contribution in [0, 0.1) is 5.41 Å². The van der Waals surface area contributed by atoms with Gasteiger partial charge < -0.3 is 10.1 Å². The number of rotatable bonds is 5. The Hall–Kier alpha value is -1.02. The van der Waals surface area contributed by atoms with Gasteiger partial charge >= 0.3 is 0 Å². The highest BCUT2D eigenvalue weighted by Gasteiger charge is 2.35. The third-order valence-corrected chi connectivity index (χ3v) is 5.02. The lowest BCUT2D eigenvalue weighted by Gasteiger charge is -2.41. The molecule has 1 aromatic carbocycles. The predicted octanol–water partition coefficient (Wildman–Crippen LogP) is 4.46. The van der Waals surface area contributed by atoms with E-state index in [2.05, 4.69) is 43.6 Å². The van der Waals surface area contributed by atoms with Gasteiger partial charge in [-0.1, -0.05) is 38.3 Å². The van der Waals surface area contributed by atoms with Crippen molar-refractivity contribution >= 4 is 0 Å². The second-order valence-electron chi connectivity index (χ2n) is 6.82. The largest absolute Gasteiger partial charge is 0.490 e. The fourth-order valence-corrected chi connectivity index (χ4v) is 3.68. The van der Waals surface area contributed by atoms with E-state index in [1.54, 1.807) is 0 Å². The summed E-state index contributed by atoms with van der Waals surface area (Å²) < 4.78 is 5.84. The first kappa shape index (κ1) is 13.9. The highest BCUT2D eigenvalue weighted by molar-refractivity contribution is 5.30. The number of nitrogens with one attached hydrogen (secondary N) is 1. The summed E-state index contributed by atoms with van der Waals surface area (Å²) >= 11 is 0. The summed E-state index contributed by atoms with van der Waals surface area (Å²) in [5.74, 6) is 1.03. The molecule has 0 heterocycles. The van der Waals surface area contributed by atoms with Gasteiger partial charge in [0.05, 0.1) is 6.10 Å². The number of hydrogen-bond acceptors (Lipinski definition) is 2. The maximum Gasteiger partial charge on any atom is 0.119 e. The summed E-state index contributed by atoms with van der Waals surface area (Å²) in [6.07, 6.45) is 9.74. The van der Waals surface area contributed by atoms with Crippen LogP contribution in [-0.2, 0) is 0 Å². The van der Waals surface area contributed by atoms with E-state index in [1.165, 1.54) is 50.5 Å². The summed E-state index contributed by atoms with van der Waals surface area (Å²) in [6.45, 7) is 2.45. The Bertz CT molecular complexity index is 429. The van der Waals surface area contributed by atoms with Crippen LogP contribution < -0.4 is 10.1 Å². The molecule has 0 radical (unpaired) electrons. The van der Waals surface area contributed by atoms with E-state index in [0.717, 1.165) is 5.75 Å². The molecule has 0 aromatic heterocycles. The lowest BCUT2D eigenvalue weighted by molar-refractivity contribution is 0.150. The lowest BCUT2D eigenvalue weighted by atomic mass is 9.68. The smallest absolute Gasteiger partial charge is 0.119 e. The topological polar surface area (TPSA) is 21.3 Å². The van der Waals surface area contributed by atoms with Gasteiger partial charge in [-0.15, -0.1) is 0 Å². The van der Waals surface area contributed by atoms with Crippen molar-refractivity contribution in [2.45, 2.75) is 64.0 Å². The van der Waals surface area contributed by atoms with Crippen molar-refractivity contribution in [2.75, 3.05) is 7.05 Å². The normalized spacial score (nSPS) is 23.3. The minimum absolute atomic E-state index is 0.395. The van der Waals surface area contributed by atoms with Gasteiger partial charge in [0, 0.05) is 6.04 Å². The van der Waals surface area contributed by atoms with E-state index in [0.29, 0.717) is 17.6 Å². The average molecular weight is 273 g/mol. The van der Waals surface area contributed by atoms with E-state index in [9.17, 15) is 0 Å². The van der Waals surface area contributed by atoms with E-state index in [1.807, 2.05) is 0 Å². The molecular formula is C18H27NO. The third kappa shape index (κ3) is 3.01. The summed E-state index contributed by atoms with van der Waals surface area (Å²) in [5.41, 5.74) is 1.80. The molecular weight excluding hydrogens is 246 g/mol. The second kappa shape index (κ2) is 5.77. The molecule has 110 valence electrons. The van der Waals surface area contributed by atoms with E-state index in [-0.39, 0.29) is 0 Å². The molecule has 0 spiro atoms. The summed E-state index contributed by atoms with van der Waals surface area (Å²) in [5, 5.41) is 3.56. The monoisotopic (exact) mass is 273 g/mol. The van der Waals surface area contributed by atoms with Crippen LogP contribution in [0.2, 0.25) is 0 Å².